The number of terminal acetylenes is 1. The summed E-state index contributed by atoms with van der Waals surface area (Å²) in [5, 5.41) is 0. The minimum atomic E-state index is 1.71. The van der Waals surface area contributed by atoms with Crippen molar-refractivity contribution in [1.82, 2.24) is 0 Å². The molecule has 0 radical (unpaired) electrons. The Kier molecular flexibility index (Phi) is 3.80. The van der Waals surface area contributed by atoms with Gasteiger partial charge in [-0.05, 0) is 30.6 Å². The standard InChI is InChI=1S/C7H4/c1-3-5-7-6-4-2/h1H,2H3. The van der Waals surface area contributed by atoms with Crippen LogP contribution >= 0.6 is 0 Å². The van der Waals surface area contributed by atoms with Gasteiger partial charge in [-0.25, -0.2) is 0 Å². The largest absolute Gasteiger partial charge is 0.106 e. The highest BCUT2D eigenvalue weighted by atomic mass is 13.5. The summed E-state index contributed by atoms with van der Waals surface area (Å²) in [5.74, 6) is 12.0. The van der Waals surface area contributed by atoms with Crippen molar-refractivity contribution in [3.8, 4) is 36.0 Å². The molecule has 0 aromatic heterocycles. The lowest BCUT2D eigenvalue weighted by molar-refractivity contribution is 1.92. The molecule has 32 valence electrons. The highest BCUT2D eigenvalue weighted by molar-refractivity contribution is 5.33. The van der Waals surface area contributed by atoms with Crippen molar-refractivity contribution in [3.63, 3.8) is 0 Å². The van der Waals surface area contributed by atoms with Gasteiger partial charge in [0.25, 0.3) is 0 Å². The zero-order chi connectivity index (χ0) is 5.54. The molecule has 0 unspecified atom stereocenters. The lowest BCUT2D eigenvalue weighted by Crippen LogP contribution is -1.46. The monoisotopic (exact) mass is 88.0 g/mol. The molecule has 0 heteroatoms. The van der Waals surface area contributed by atoms with Gasteiger partial charge in [-0.2, -0.15) is 0 Å². The van der Waals surface area contributed by atoms with Gasteiger partial charge in [0.05, 0.1) is 0 Å². The van der Waals surface area contributed by atoms with E-state index >= 15 is 0 Å². The van der Waals surface area contributed by atoms with Crippen molar-refractivity contribution < 1.29 is 0 Å². The normalized spacial score (nSPS) is 3.43. The Labute approximate surface area is 43.9 Å². The molecular weight excluding hydrogens is 84.1 g/mol. The minimum absolute atomic E-state index is 1.71. The second-order valence-electron chi connectivity index (χ2n) is 0.769. The molecule has 0 fully saturated rings. The van der Waals surface area contributed by atoms with E-state index in [1.807, 2.05) is 0 Å². The van der Waals surface area contributed by atoms with E-state index in [9.17, 15) is 0 Å². The SMILES string of the molecule is C#CC#CC#CC. The fourth-order valence-electron chi connectivity index (χ4n) is 0.130. The summed E-state index contributed by atoms with van der Waals surface area (Å²) in [5.41, 5.74) is 0. The lowest BCUT2D eigenvalue weighted by Gasteiger charge is -1.49. The third-order valence-corrected chi connectivity index (χ3v) is 0.322. The fourth-order valence-corrected chi connectivity index (χ4v) is 0.130. The Morgan fingerprint density at radius 1 is 1.14 bits per heavy atom. The predicted octanol–water partition coefficient (Wildman–Crippen LogP) is 0.646. The second-order valence-corrected chi connectivity index (χ2v) is 0.769. The van der Waals surface area contributed by atoms with Crippen molar-refractivity contribution in [3.05, 3.63) is 0 Å². The van der Waals surface area contributed by atoms with Gasteiger partial charge >= 0.3 is 0 Å². The Balaban J connectivity index is 3.68. The van der Waals surface area contributed by atoms with Gasteiger partial charge in [0, 0.05) is 0 Å². The van der Waals surface area contributed by atoms with E-state index in [2.05, 4.69) is 29.6 Å². The van der Waals surface area contributed by atoms with Crippen molar-refractivity contribution in [2.75, 3.05) is 0 Å². The van der Waals surface area contributed by atoms with Gasteiger partial charge in [0.1, 0.15) is 0 Å². The third kappa shape index (κ3) is 4.68. The van der Waals surface area contributed by atoms with Gasteiger partial charge < -0.3 is 0 Å². The Bertz CT molecular complexity index is 182. The first-order valence-electron chi connectivity index (χ1n) is 1.79. The predicted molar refractivity (Wildman–Crippen MR) is 30.1 cm³/mol. The van der Waals surface area contributed by atoms with Crippen LogP contribution in [0.4, 0.5) is 0 Å². The Morgan fingerprint density at radius 3 is 2.29 bits per heavy atom. The molecule has 0 nitrogen and oxygen atoms in total. The third-order valence-electron chi connectivity index (χ3n) is 0.322. The van der Waals surface area contributed by atoms with E-state index in [-0.39, 0.29) is 0 Å². The molecule has 0 spiro atoms. The Hall–Kier alpha value is -1.32. The molecule has 0 heterocycles. The molecule has 0 aliphatic rings. The first kappa shape index (κ1) is 5.68. The van der Waals surface area contributed by atoms with Crippen LogP contribution in [-0.2, 0) is 0 Å². The molecular formula is C7H4. The molecule has 0 amide bonds. The van der Waals surface area contributed by atoms with E-state index in [1.54, 1.807) is 6.92 Å². The van der Waals surface area contributed by atoms with E-state index < -0.39 is 0 Å². The van der Waals surface area contributed by atoms with Crippen LogP contribution in [0, 0.1) is 36.0 Å². The van der Waals surface area contributed by atoms with Crippen LogP contribution in [0.2, 0.25) is 0 Å². The van der Waals surface area contributed by atoms with Crippen molar-refractivity contribution >= 4 is 0 Å². The van der Waals surface area contributed by atoms with Crippen molar-refractivity contribution in [2.45, 2.75) is 6.92 Å². The number of rotatable bonds is 0. The molecule has 0 saturated heterocycles. The maximum atomic E-state index is 4.78. The zero-order valence-corrected chi connectivity index (χ0v) is 4.08. The fraction of sp³-hybridized carbons (Fsp3) is 0.143. The first-order valence-corrected chi connectivity index (χ1v) is 1.79. The average Bonchev–Trinajstić information content (AvgIpc) is 1.69. The topological polar surface area (TPSA) is 0 Å². The van der Waals surface area contributed by atoms with Crippen LogP contribution in [0.5, 0.6) is 0 Å². The maximum absolute atomic E-state index is 4.78. The summed E-state index contributed by atoms with van der Waals surface area (Å²) >= 11 is 0. The molecule has 0 aromatic carbocycles. The van der Waals surface area contributed by atoms with Gasteiger partial charge in [-0.1, -0.05) is 5.92 Å². The van der Waals surface area contributed by atoms with Crippen LogP contribution in [0.15, 0.2) is 0 Å². The van der Waals surface area contributed by atoms with Gasteiger partial charge in [0.15, 0.2) is 0 Å². The first-order chi connectivity index (χ1) is 3.41. The van der Waals surface area contributed by atoms with Crippen molar-refractivity contribution in [1.29, 1.82) is 0 Å². The number of hydrogen-bond donors (Lipinski definition) is 0. The van der Waals surface area contributed by atoms with Crippen LogP contribution in [0.3, 0.4) is 0 Å². The summed E-state index contributed by atoms with van der Waals surface area (Å²) in [6, 6.07) is 0. The molecule has 0 aliphatic heterocycles. The summed E-state index contributed by atoms with van der Waals surface area (Å²) in [7, 11) is 0. The molecule has 0 rings (SSSR count). The molecule has 0 N–H and O–H groups in total. The highest BCUT2D eigenvalue weighted by Crippen LogP contribution is 1.48. The second kappa shape index (κ2) is 4.68. The van der Waals surface area contributed by atoms with Crippen molar-refractivity contribution in [2.24, 2.45) is 0 Å². The highest BCUT2D eigenvalue weighted by Gasteiger charge is 1.45. The van der Waals surface area contributed by atoms with Crippen LogP contribution in [0.25, 0.3) is 0 Å². The summed E-state index contributed by atoms with van der Waals surface area (Å²) < 4.78 is 0. The molecule has 0 saturated carbocycles. The van der Waals surface area contributed by atoms with E-state index in [0.29, 0.717) is 0 Å². The Morgan fingerprint density at radius 2 is 1.86 bits per heavy atom. The number of hydrogen-bond acceptors (Lipinski definition) is 0. The minimum Gasteiger partial charge on any atom is -0.106 e. The van der Waals surface area contributed by atoms with Gasteiger partial charge in [-0.3, -0.25) is 0 Å². The van der Waals surface area contributed by atoms with Gasteiger partial charge in [-0.15, -0.1) is 6.42 Å². The van der Waals surface area contributed by atoms with E-state index in [0.717, 1.165) is 0 Å². The molecule has 0 bridgehead atoms. The quantitative estimate of drug-likeness (QED) is 0.381. The van der Waals surface area contributed by atoms with Crippen LogP contribution in [0.1, 0.15) is 6.92 Å². The smallest absolute Gasteiger partial charge is 0.00108 e. The van der Waals surface area contributed by atoms with Crippen LogP contribution in [-0.4, -0.2) is 0 Å². The summed E-state index contributed by atoms with van der Waals surface area (Å²) in [4.78, 5) is 0. The zero-order valence-electron chi connectivity index (χ0n) is 4.08. The summed E-state index contributed by atoms with van der Waals surface area (Å²) in [6.07, 6.45) is 4.78. The molecule has 0 aromatic rings. The molecule has 0 atom stereocenters. The van der Waals surface area contributed by atoms with Gasteiger partial charge in [0.2, 0.25) is 0 Å². The molecule has 0 aliphatic carbocycles. The average molecular weight is 88.1 g/mol. The maximum Gasteiger partial charge on any atom is -0.00108 e. The van der Waals surface area contributed by atoms with E-state index in [4.69, 9.17) is 6.42 Å². The van der Waals surface area contributed by atoms with E-state index in [1.165, 1.54) is 0 Å². The summed E-state index contributed by atoms with van der Waals surface area (Å²) in [6.45, 7) is 1.71. The molecule has 7 heavy (non-hydrogen) atoms. The lowest BCUT2D eigenvalue weighted by atomic mass is 10.5. The van der Waals surface area contributed by atoms with Crippen LogP contribution < -0.4 is 0 Å².